The molecule has 1 atom stereocenters. The van der Waals surface area contributed by atoms with Gasteiger partial charge >= 0.3 is 0 Å². The molecule has 8 nitrogen and oxygen atoms in total. The van der Waals surface area contributed by atoms with Gasteiger partial charge in [-0.25, -0.2) is 0 Å². The highest BCUT2D eigenvalue weighted by molar-refractivity contribution is 6.19. The van der Waals surface area contributed by atoms with Crippen LogP contribution in [-0.4, -0.2) is 27.1 Å². The first-order chi connectivity index (χ1) is 13.0. The molecule has 27 heavy (non-hydrogen) atoms. The highest BCUT2D eigenvalue weighted by Gasteiger charge is 2.46. The summed E-state index contributed by atoms with van der Waals surface area (Å²) < 4.78 is 10.2. The van der Waals surface area contributed by atoms with Crippen molar-refractivity contribution in [2.75, 3.05) is 4.90 Å². The molecule has 0 aliphatic carbocycles. The van der Waals surface area contributed by atoms with Crippen LogP contribution in [0.4, 0.5) is 5.82 Å². The largest absolute Gasteiger partial charge is 0.508 e. The number of carbonyl (C=O) groups is 2. The average Bonchev–Trinajstić information content (AvgIpc) is 3.36. The molecule has 3 aromatic rings. The lowest BCUT2D eigenvalue weighted by molar-refractivity contribution is -0.117. The number of Topliss-reactive ketones (excluding diaryl/α,β-unsaturated/α-hetero) is 1. The van der Waals surface area contributed by atoms with E-state index in [1.165, 1.54) is 36.6 Å². The fourth-order valence-electron chi connectivity index (χ4n) is 3.09. The molecule has 0 unspecified atom stereocenters. The van der Waals surface area contributed by atoms with E-state index in [0.717, 1.165) is 4.90 Å². The first-order valence-corrected chi connectivity index (χ1v) is 8.04. The van der Waals surface area contributed by atoms with Crippen LogP contribution in [0.5, 0.6) is 5.75 Å². The molecule has 0 saturated carbocycles. The summed E-state index contributed by atoms with van der Waals surface area (Å²) in [5.41, 5.74) is 0.254. The lowest BCUT2D eigenvalue weighted by atomic mass is 9.95. The van der Waals surface area contributed by atoms with Crippen LogP contribution in [0.1, 0.15) is 27.9 Å². The van der Waals surface area contributed by atoms with E-state index < -0.39 is 23.5 Å². The molecule has 0 bridgehead atoms. The van der Waals surface area contributed by atoms with Crippen molar-refractivity contribution in [3.8, 4) is 5.75 Å². The van der Waals surface area contributed by atoms with Crippen LogP contribution in [-0.2, 0) is 4.79 Å². The maximum Gasteiger partial charge on any atom is 0.295 e. The number of carbonyl (C=O) groups excluding carboxylic acids is 2. The second-order valence-electron chi connectivity index (χ2n) is 6.04. The van der Waals surface area contributed by atoms with E-state index in [0.29, 0.717) is 11.3 Å². The predicted octanol–water partition coefficient (Wildman–Crippen LogP) is 3.06. The Hall–Kier alpha value is -3.81. The molecule has 2 aromatic heterocycles. The molecule has 3 heterocycles. The molecule has 0 fully saturated rings. The number of aliphatic hydroxyl groups excluding tert-OH is 1. The van der Waals surface area contributed by atoms with Gasteiger partial charge < -0.3 is 19.2 Å². The van der Waals surface area contributed by atoms with Crippen molar-refractivity contribution >= 4 is 17.5 Å². The van der Waals surface area contributed by atoms with Gasteiger partial charge in [0.15, 0.2) is 17.3 Å². The Morgan fingerprint density at radius 3 is 2.63 bits per heavy atom. The van der Waals surface area contributed by atoms with Crippen LogP contribution in [0, 0.1) is 6.92 Å². The molecule has 1 amide bonds. The Labute approximate surface area is 152 Å². The van der Waals surface area contributed by atoms with Gasteiger partial charge in [-0.2, -0.15) is 0 Å². The summed E-state index contributed by atoms with van der Waals surface area (Å²) >= 11 is 0. The molecule has 0 radical (unpaired) electrons. The van der Waals surface area contributed by atoms with E-state index >= 15 is 0 Å². The van der Waals surface area contributed by atoms with Gasteiger partial charge in [0.2, 0.25) is 5.78 Å². The molecule has 0 spiro atoms. The Balaban J connectivity index is 1.89. The molecular weight excluding hydrogens is 352 g/mol. The molecule has 2 N–H and O–H groups in total. The van der Waals surface area contributed by atoms with Gasteiger partial charge in [0.1, 0.15) is 11.5 Å². The third-order valence-corrected chi connectivity index (χ3v) is 4.25. The normalized spacial score (nSPS) is 17.0. The molecule has 0 saturated heterocycles. The number of amides is 1. The van der Waals surface area contributed by atoms with Gasteiger partial charge in [0.05, 0.1) is 17.9 Å². The Bertz CT molecular complexity index is 1060. The third kappa shape index (κ3) is 2.67. The van der Waals surface area contributed by atoms with Crippen molar-refractivity contribution in [1.82, 2.24) is 5.16 Å². The molecule has 8 heteroatoms. The number of aromatic hydroxyl groups is 1. The van der Waals surface area contributed by atoms with Gasteiger partial charge in [0.25, 0.3) is 5.91 Å². The number of aliphatic hydroxyl groups is 1. The number of aryl methyl sites for hydroxylation is 1. The van der Waals surface area contributed by atoms with Crippen molar-refractivity contribution in [2.24, 2.45) is 0 Å². The minimum absolute atomic E-state index is 0.0207. The molecule has 4 rings (SSSR count). The van der Waals surface area contributed by atoms with E-state index in [9.17, 15) is 19.8 Å². The molecule has 1 aliphatic rings. The van der Waals surface area contributed by atoms with Gasteiger partial charge in [-0.3, -0.25) is 14.5 Å². The van der Waals surface area contributed by atoms with E-state index in [2.05, 4.69) is 5.16 Å². The third-order valence-electron chi connectivity index (χ3n) is 4.25. The summed E-state index contributed by atoms with van der Waals surface area (Å²) in [5.74, 6) is -1.61. The number of phenolic OH excluding ortho intramolecular Hbond substituents is 1. The van der Waals surface area contributed by atoms with Crippen molar-refractivity contribution in [3.05, 3.63) is 77.1 Å². The summed E-state index contributed by atoms with van der Waals surface area (Å²) in [4.78, 5) is 26.8. The topological polar surface area (TPSA) is 117 Å². The summed E-state index contributed by atoms with van der Waals surface area (Å²) in [6.45, 7) is 1.66. The minimum Gasteiger partial charge on any atom is -0.508 e. The zero-order chi connectivity index (χ0) is 19.1. The van der Waals surface area contributed by atoms with Crippen LogP contribution >= 0.6 is 0 Å². The monoisotopic (exact) mass is 366 g/mol. The first-order valence-electron chi connectivity index (χ1n) is 8.04. The van der Waals surface area contributed by atoms with Gasteiger partial charge in [-0.15, -0.1) is 0 Å². The second-order valence-corrected chi connectivity index (χ2v) is 6.04. The quantitative estimate of drug-likeness (QED) is 0.681. The molecule has 136 valence electrons. The standard InChI is InChI=1S/C19H14N2O6/c1-10-8-14(20-27-10)21-16(11-4-2-5-12(22)9-11)15(18(24)19(21)25)17(23)13-6-3-7-26-13/h2-9,16,22,24H,1H3/t16-/m1/s1. The summed E-state index contributed by atoms with van der Waals surface area (Å²) in [6, 6.07) is 9.55. The lowest BCUT2D eigenvalue weighted by Crippen LogP contribution is -2.31. The number of aromatic nitrogens is 1. The fraction of sp³-hybridized carbons (Fsp3) is 0.105. The molecule has 1 aliphatic heterocycles. The number of anilines is 1. The van der Waals surface area contributed by atoms with Crippen LogP contribution in [0.3, 0.4) is 0 Å². The average molecular weight is 366 g/mol. The first kappa shape index (κ1) is 16.6. The van der Waals surface area contributed by atoms with Crippen LogP contribution < -0.4 is 4.90 Å². The number of rotatable bonds is 4. The second kappa shape index (κ2) is 6.17. The predicted molar refractivity (Wildman–Crippen MR) is 92.3 cm³/mol. The number of phenols is 1. The SMILES string of the molecule is Cc1cc(N2C(=O)C(O)=C(C(=O)c3ccco3)[C@H]2c2cccc(O)c2)no1. The van der Waals surface area contributed by atoms with E-state index in [-0.39, 0.29) is 22.9 Å². The molecule has 1 aromatic carbocycles. The van der Waals surface area contributed by atoms with Gasteiger partial charge in [-0.05, 0) is 36.8 Å². The number of benzene rings is 1. The minimum atomic E-state index is -1.01. The Morgan fingerprint density at radius 2 is 2.00 bits per heavy atom. The maximum atomic E-state index is 12.9. The maximum absolute atomic E-state index is 12.9. The molecular formula is C19H14N2O6. The highest BCUT2D eigenvalue weighted by Crippen LogP contribution is 2.42. The fourth-order valence-corrected chi connectivity index (χ4v) is 3.09. The van der Waals surface area contributed by atoms with Crippen LogP contribution in [0.2, 0.25) is 0 Å². The number of nitrogens with zero attached hydrogens (tertiary/aromatic N) is 2. The summed E-state index contributed by atoms with van der Waals surface area (Å²) in [7, 11) is 0. The highest BCUT2D eigenvalue weighted by atomic mass is 16.5. The van der Waals surface area contributed by atoms with E-state index in [1.54, 1.807) is 19.1 Å². The summed E-state index contributed by atoms with van der Waals surface area (Å²) in [5, 5.41) is 24.2. The smallest absolute Gasteiger partial charge is 0.295 e. The van der Waals surface area contributed by atoms with Crippen molar-refractivity contribution in [2.45, 2.75) is 13.0 Å². The zero-order valence-corrected chi connectivity index (χ0v) is 14.1. The van der Waals surface area contributed by atoms with E-state index in [4.69, 9.17) is 8.94 Å². The zero-order valence-electron chi connectivity index (χ0n) is 14.1. The van der Waals surface area contributed by atoms with Crippen molar-refractivity contribution < 1.29 is 28.7 Å². The summed E-state index contributed by atoms with van der Waals surface area (Å²) in [6.07, 6.45) is 1.32. The number of furan rings is 1. The number of hydrogen-bond acceptors (Lipinski definition) is 7. The Morgan fingerprint density at radius 1 is 1.19 bits per heavy atom. The van der Waals surface area contributed by atoms with Gasteiger partial charge in [0, 0.05) is 6.07 Å². The lowest BCUT2D eigenvalue weighted by Gasteiger charge is -2.24. The van der Waals surface area contributed by atoms with Crippen molar-refractivity contribution in [1.29, 1.82) is 0 Å². The number of ketones is 1. The van der Waals surface area contributed by atoms with Crippen LogP contribution in [0.25, 0.3) is 0 Å². The van der Waals surface area contributed by atoms with E-state index in [1.807, 2.05) is 0 Å². The number of hydrogen-bond donors (Lipinski definition) is 2. The van der Waals surface area contributed by atoms with Gasteiger partial charge in [-0.1, -0.05) is 17.3 Å². The van der Waals surface area contributed by atoms with Crippen molar-refractivity contribution in [3.63, 3.8) is 0 Å². The Kier molecular flexibility index (Phi) is 3.80. The van der Waals surface area contributed by atoms with Crippen LogP contribution in [0.15, 0.2) is 69.0 Å².